The topological polar surface area (TPSA) is 24.5 Å². The maximum atomic E-state index is 13.5. The quantitative estimate of drug-likeness (QED) is 0.782. The first kappa shape index (κ1) is 16.2. The second kappa shape index (κ2) is 8.35. The number of ether oxygens (including phenoxy) is 1. The molecule has 0 radical (unpaired) electrons. The van der Waals surface area contributed by atoms with Gasteiger partial charge in [-0.2, -0.15) is 0 Å². The van der Waals surface area contributed by atoms with Crippen molar-refractivity contribution in [2.24, 2.45) is 5.92 Å². The highest BCUT2D eigenvalue weighted by atomic mass is 19.1. The summed E-state index contributed by atoms with van der Waals surface area (Å²) in [6.07, 6.45) is 3.33. The molecule has 0 bridgehead atoms. The van der Waals surface area contributed by atoms with Gasteiger partial charge in [-0.05, 0) is 55.5 Å². The fourth-order valence-corrected chi connectivity index (χ4v) is 2.88. The number of nitrogens with zero attached hydrogens (tertiary/aromatic N) is 1. The first-order valence-corrected chi connectivity index (χ1v) is 7.98. The first-order chi connectivity index (χ1) is 10.2. The summed E-state index contributed by atoms with van der Waals surface area (Å²) in [7, 11) is 2.10. The normalized spacial score (nSPS) is 16.1. The molecule has 0 aliphatic carbocycles. The number of hydrogen-bond acceptors (Lipinski definition) is 3. The highest BCUT2D eigenvalue weighted by Gasteiger charge is 2.17. The van der Waals surface area contributed by atoms with Gasteiger partial charge < -0.3 is 15.0 Å². The van der Waals surface area contributed by atoms with Crippen molar-refractivity contribution < 1.29 is 9.13 Å². The average molecular weight is 294 g/mol. The van der Waals surface area contributed by atoms with Gasteiger partial charge in [0.05, 0.1) is 0 Å². The van der Waals surface area contributed by atoms with Crippen molar-refractivity contribution in [3.8, 4) is 0 Å². The van der Waals surface area contributed by atoms with Crippen LogP contribution in [-0.2, 0) is 11.3 Å². The van der Waals surface area contributed by atoms with Crippen LogP contribution in [0.2, 0.25) is 0 Å². The summed E-state index contributed by atoms with van der Waals surface area (Å²) in [6, 6.07) is 5.11. The minimum atomic E-state index is -0.161. The van der Waals surface area contributed by atoms with Gasteiger partial charge in [0.15, 0.2) is 0 Å². The van der Waals surface area contributed by atoms with Crippen LogP contribution in [0.15, 0.2) is 18.2 Å². The molecule has 0 spiro atoms. The van der Waals surface area contributed by atoms with E-state index in [1.807, 2.05) is 6.07 Å². The monoisotopic (exact) mass is 294 g/mol. The predicted molar refractivity (Wildman–Crippen MR) is 85.2 cm³/mol. The molecule has 0 unspecified atom stereocenters. The molecule has 1 aliphatic rings. The molecule has 1 fully saturated rings. The third-order valence-electron chi connectivity index (χ3n) is 4.07. The molecule has 1 saturated heterocycles. The van der Waals surface area contributed by atoms with Crippen molar-refractivity contribution >= 4 is 5.69 Å². The third kappa shape index (κ3) is 4.97. The highest BCUT2D eigenvalue weighted by Crippen LogP contribution is 2.24. The smallest absolute Gasteiger partial charge is 0.123 e. The van der Waals surface area contributed by atoms with Gasteiger partial charge in [0.1, 0.15) is 5.82 Å². The molecule has 1 aromatic rings. The Morgan fingerprint density at radius 3 is 2.81 bits per heavy atom. The summed E-state index contributed by atoms with van der Waals surface area (Å²) in [4.78, 5) is 2.26. The molecule has 4 heteroatoms. The van der Waals surface area contributed by atoms with Crippen LogP contribution in [0.1, 0.15) is 31.7 Å². The number of anilines is 1. The van der Waals surface area contributed by atoms with Crippen molar-refractivity contribution in [1.29, 1.82) is 0 Å². The number of hydrogen-bond donors (Lipinski definition) is 1. The molecule has 1 N–H and O–H groups in total. The zero-order valence-electron chi connectivity index (χ0n) is 13.2. The van der Waals surface area contributed by atoms with Crippen molar-refractivity contribution in [2.75, 3.05) is 38.3 Å². The molecular weight excluding hydrogens is 267 g/mol. The van der Waals surface area contributed by atoms with E-state index in [4.69, 9.17) is 4.74 Å². The molecule has 21 heavy (non-hydrogen) atoms. The maximum Gasteiger partial charge on any atom is 0.123 e. The van der Waals surface area contributed by atoms with Gasteiger partial charge in [-0.15, -0.1) is 0 Å². The van der Waals surface area contributed by atoms with Gasteiger partial charge in [-0.1, -0.05) is 6.92 Å². The molecule has 1 aliphatic heterocycles. The highest BCUT2D eigenvalue weighted by molar-refractivity contribution is 5.53. The fourth-order valence-electron chi connectivity index (χ4n) is 2.88. The largest absolute Gasteiger partial charge is 0.381 e. The Kier molecular flexibility index (Phi) is 6.46. The van der Waals surface area contributed by atoms with Crippen molar-refractivity contribution in [1.82, 2.24) is 5.32 Å². The van der Waals surface area contributed by atoms with Crippen LogP contribution in [0.3, 0.4) is 0 Å². The number of rotatable bonds is 7. The van der Waals surface area contributed by atoms with Crippen LogP contribution < -0.4 is 10.2 Å². The van der Waals surface area contributed by atoms with E-state index in [9.17, 15) is 4.39 Å². The molecule has 0 atom stereocenters. The van der Waals surface area contributed by atoms with Crippen molar-refractivity contribution in [3.63, 3.8) is 0 Å². The number of benzene rings is 1. The van der Waals surface area contributed by atoms with Gasteiger partial charge in [-0.3, -0.25) is 0 Å². The Morgan fingerprint density at radius 1 is 1.33 bits per heavy atom. The zero-order chi connectivity index (χ0) is 15.1. The standard InChI is InChI=1S/C17H27FN2O/c1-3-8-19-12-15-11-16(18)4-5-17(15)20(2)13-14-6-9-21-10-7-14/h4-5,11,14,19H,3,6-10,12-13H2,1-2H3. The van der Waals surface area contributed by atoms with E-state index in [0.29, 0.717) is 5.92 Å². The van der Waals surface area contributed by atoms with E-state index in [0.717, 1.165) is 63.4 Å². The second-order valence-corrected chi connectivity index (χ2v) is 5.89. The van der Waals surface area contributed by atoms with Crippen molar-refractivity contribution in [2.45, 2.75) is 32.7 Å². The molecule has 118 valence electrons. The molecule has 0 amide bonds. The molecule has 0 saturated carbocycles. The Bertz CT molecular complexity index is 433. The lowest BCUT2D eigenvalue weighted by Gasteiger charge is -2.29. The van der Waals surface area contributed by atoms with E-state index in [2.05, 4.69) is 24.2 Å². The van der Waals surface area contributed by atoms with Crippen LogP contribution in [0.5, 0.6) is 0 Å². The van der Waals surface area contributed by atoms with Crippen LogP contribution >= 0.6 is 0 Å². The lowest BCUT2D eigenvalue weighted by molar-refractivity contribution is 0.0685. The van der Waals surface area contributed by atoms with Crippen LogP contribution in [0, 0.1) is 11.7 Å². The van der Waals surface area contributed by atoms with Crippen LogP contribution in [-0.4, -0.2) is 33.4 Å². The minimum Gasteiger partial charge on any atom is -0.381 e. The fraction of sp³-hybridized carbons (Fsp3) is 0.647. The number of halogens is 1. The number of nitrogens with one attached hydrogen (secondary N) is 1. The van der Waals surface area contributed by atoms with E-state index in [-0.39, 0.29) is 5.82 Å². The third-order valence-corrected chi connectivity index (χ3v) is 4.07. The van der Waals surface area contributed by atoms with Gasteiger partial charge in [0.25, 0.3) is 0 Å². The lowest BCUT2D eigenvalue weighted by Crippen LogP contribution is -2.30. The summed E-state index contributed by atoms with van der Waals surface area (Å²) in [6.45, 7) is 6.56. The van der Waals surface area contributed by atoms with E-state index >= 15 is 0 Å². The summed E-state index contributed by atoms with van der Waals surface area (Å²) >= 11 is 0. The maximum absolute atomic E-state index is 13.5. The lowest BCUT2D eigenvalue weighted by atomic mass is 9.99. The predicted octanol–water partition coefficient (Wildman–Crippen LogP) is 3.19. The summed E-state index contributed by atoms with van der Waals surface area (Å²) in [5, 5.41) is 3.36. The van der Waals surface area contributed by atoms with E-state index in [1.54, 1.807) is 12.1 Å². The zero-order valence-corrected chi connectivity index (χ0v) is 13.2. The molecule has 2 rings (SSSR count). The molecule has 1 heterocycles. The molecular formula is C17H27FN2O. The Balaban J connectivity index is 2.01. The summed E-state index contributed by atoms with van der Waals surface area (Å²) < 4.78 is 18.9. The first-order valence-electron chi connectivity index (χ1n) is 7.98. The molecule has 0 aromatic heterocycles. The SMILES string of the molecule is CCCNCc1cc(F)ccc1N(C)CC1CCOCC1. The summed E-state index contributed by atoms with van der Waals surface area (Å²) in [5.41, 5.74) is 2.17. The van der Waals surface area contributed by atoms with Crippen molar-refractivity contribution in [3.05, 3.63) is 29.6 Å². The minimum absolute atomic E-state index is 0.161. The van der Waals surface area contributed by atoms with E-state index in [1.165, 1.54) is 0 Å². The molecule has 3 nitrogen and oxygen atoms in total. The van der Waals surface area contributed by atoms with Gasteiger partial charge in [0, 0.05) is 39.0 Å². The van der Waals surface area contributed by atoms with Crippen LogP contribution in [0.25, 0.3) is 0 Å². The molecule has 1 aromatic carbocycles. The van der Waals surface area contributed by atoms with Gasteiger partial charge >= 0.3 is 0 Å². The summed E-state index contributed by atoms with van der Waals surface area (Å²) in [5.74, 6) is 0.511. The Labute approximate surface area is 127 Å². The van der Waals surface area contributed by atoms with Gasteiger partial charge in [-0.25, -0.2) is 4.39 Å². The van der Waals surface area contributed by atoms with Gasteiger partial charge in [0.2, 0.25) is 0 Å². The van der Waals surface area contributed by atoms with E-state index < -0.39 is 0 Å². The Morgan fingerprint density at radius 2 is 2.10 bits per heavy atom. The second-order valence-electron chi connectivity index (χ2n) is 5.89. The Hall–Kier alpha value is -1.13. The van der Waals surface area contributed by atoms with Crippen LogP contribution in [0.4, 0.5) is 10.1 Å². The average Bonchev–Trinajstić information content (AvgIpc) is 2.48.